The average molecular weight is 391 g/mol. The number of aryl methyl sites for hydroxylation is 1. The van der Waals surface area contributed by atoms with Crippen molar-refractivity contribution < 1.29 is 14.3 Å². The van der Waals surface area contributed by atoms with E-state index in [1.165, 1.54) is 18.4 Å². The van der Waals surface area contributed by atoms with Crippen LogP contribution >= 0.6 is 23.6 Å². The molecule has 26 heavy (non-hydrogen) atoms. The fourth-order valence-corrected chi connectivity index (χ4v) is 4.36. The van der Waals surface area contributed by atoms with Crippen molar-refractivity contribution in [3.05, 3.63) is 40.8 Å². The highest BCUT2D eigenvalue weighted by Gasteiger charge is 2.24. The molecule has 1 unspecified atom stereocenters. The Morgan fingerprint density at radius 1 is 1.38 bits per heavy atom. The molecule has 2 heterocycles. The van der Waals surface area contributed by atoms with Crippen LogP contribution in [0.25, 0.3) is 11.1 Å². The molecule has 2 aromatic rings. The highest BCUT2D eigenvalue weighted by atomic mass is 32.1. The number of methoxy groups -OCH3 is 1. The predicted molar refractivity (Wildman–Crippen MR) is 109 cm³/mol. The quantitative estimate of drug-likeness (QED) is 0.595. The molecule has 1 aromatic carbocycles. The fraction of sp³-hybridized carbons (Fsp3) is 0.368. The van der Waals surface area contributed by atoms with E-state index in [0.717, 1.165) is 35.5 Å². The van der Waals surface area contributed by atoms with Gasteiger partial charge in [0.25, 0.3) is 0 Å². The lowest BCUT2D eigenvalue weighted by Crippen LogP contribution is -2.34. The van der Waals surface area contributed by atoms with Crippen LogP contribution in [0.3, 0.4) is 0 Å². The van der Waals surface area contributed by atoms with E-state index in [4.69, 9.17) is 21.7 Å². The summed E-state index contributed by atoms with van der Waals surface area (Å²) in [6.45, 7) is 3.46. The number of hydrogen-bond donors (Lipinski definition) is 2. The molecule has 0 aliphatic carbocycles. The number of esters is 1. The maximum absolute atomic E-state index is 12.5. The van der Waals surface area contributed by atoms with E-state index in [-0.39, 0.29) is 12.1 Å². The van der Waals surface area contributed by atoms with E-state index >= 15 is 0 Å². The smallest absolute Gasteiger partial charge is 0.341 e. The van der Waals surface area contributed by atoms with Crippen molar-refractivity contribution >= 4 is 39.6 Å². The van der Waals surface area contributed by atoms with Crippen LogP contribution in [-0.4, -0.2) is 37.4 Å². The maximum Gasteiger partial charge on any atom is 0.341 e. The third kappa shape index (κ3) is 4.23. The van der Waals surface area contributed by atoms with Crippen LogP contribution in [0.5, 0.6) is 0 Å². The predicted octanol–water partition coefficient (Wildman–Crippen LogP) is 3.98. The number of thiophene rings is 1. The minimum Gasteiger partial charge on any atom is -0.465 e. The van der Waals surface area contributed by atoms with Gasteiger partial charge < -0.3 is 20.1 Å². The largest absolute Gasteiger partial charge is 0.465 e. The van der Waals surface area contributed by atoms with Gasteiger partial charge in [0.2, 0.25) is 0 Å². The first-order valence-electron chi connectivity index (χ1n) is 8.53. The molecular formula is C19H22N2O3S2. The minimum atomic E-state index is -0.377. The number of carbonyl (C=O) groups is 1. The molecule has 2 N–H and O–H groups in total. The summed E-state index contributed by atoms with van der Waals surface area (Å²) in [5.74, 6) is -0.377. The van der Waals surface area contributed by atoms with E-state index in [2.05, 4.69) is 10.6 Å². The number of rotatable bonds is 5. The lowest BCUT2D eigenvalue weighted by atomic mass is 10.0. The van der Waals surface area contributed by atoms with Gasteiger partial charge in [-0.3, -0.25) is 0 Å². The van der Waals surface area contributed by atoms with E-state index in [1.807, 2.05) is 37.3 Å². The van der Waals surface area contributed by atoms with Gasteiger partial charge in [0.1, 0.15) is 10.6 Å². The lowest BCUT2D eigenvalue weighted by molar-refractivity contribution is 0.0603. The van der Waals surface area contributed by atoms with Gasteiger partial charge in [0.15, 0.2) is 5.11 Å². The topological polar surface area (TPSA) is 59.6 Å². The Morgan fingerprint density at radius 2 is 2.15 bits per heavy atom. The second-order valence-electron chi connectivity index (χ2n) is 6.07. The minimum absolute atomic E-state index is 0.194. The maximum atomic E-state index is 12.5. The summed E-state index contributed by atoms with van der Waals surface area (Å²) in [5, 5.41) is 7.51. The second kappa shape index (κ2) is 8.62. The van der Waals surface area contributed by atoms with Crippen LogP contribution in [0.1, 0.15) is 28.1 Å². The van der Waals surface area contributed by atoms with Gasteiger partial charge in [0, 0.05) is 23.6 Å². The zero-order valence-electron chi connectivity index (χ0n) is 14.8. The summed E-state index contributed by atoms with van der Waals surface area (Å²) in [4.78, 5) is 13.5. The van der Waals surface area contributed by atoms with Gasteiger partial charge in [-0.1, -0.05) is 30.3 Å². The Bertz CT molecular complexity index is 784. The fourth-order valence-electron chi connectivity index (χ4n) is 3.04. The molecule has 1 aliphatic heterocycles. The Balaban J connectivity index is 1.82. The highest BCUT2D eigenvalue weighted by molar-refractivity contribution is 7.80. The van der Waals surface area contributed by atoms with E-state index < -0.39 is 0 Å². The first-order valence-corrected chi connectivity index (χ1v) is 9.76. The Kier molecular flexibility index (Phi) is 6.24. The number of nitrogens with one attached hydrogen (secondary N) is 2. The van der Waals surface area contributed by atoms with Crippen LogP contribution in [0.15, 0.2) is 30.3 Å². The van der Waals surface area contributed by atoms with E-state index in [0.29, 0.717) is 22.2 Å². The summed E-state index contributed by atoms with van der Waals surface area (Å²) in [6.07, 6.45) is 2.32. The first kappa shape index (κ1) is 18.8. The molecule has 0 spiro atoms. The summed E-state index contributed by atoms with van der Waals surface area (Å²) in [6, 6.07) is 9.83. The number of ether oxygens (including phenoxy) is 2. The van der Waals surface area contributed by atoms with Crippen LogP contribution < -0.4 is 10.6 Å². The summed E-state index contributed by atoms with van der Waals surface area (Å²) in [7, 11) is 1.39. The molecule has 5 nitrogen and oxygen atoms in total. The molecule has 1 saturated heterocycles. The molecule has 1 aromatic heterocycles. The van der Waals surface area contributed by atoms with Gasteiger partial charge in [-0.15, -0.1) is 11.3 Å². The molecule has 138 valence electrons. The first-order chi connectivity index (χ1) is 12.6. The van der Waals surface area contributed by atoms with Crippen molar-refractivity contribution in [1.82, 2.24) is 5.32 Å². The Hall–Kier alpha value is -1.96. The monoisotopic (exact) mass is 390 g/mol. The van der Waals surface area contributed by atoms with Gasteiger partial charge in [-0.25, -0.2) is 4.79 Å². The van der Waals surface area contributed by atoms with E-state index in [9.17, 15) is 4.79 Å². The second-order valence-corrected chi connectivity index (χ2v) is 7.70. The van der Waals surface area contributed by atoms with Crippen LogP contribution in [0.4, 0.5) is 5.00 Å². The molecule has 1 fully saturated rings. The average Bonchev–Trinajstić information content (AvgIpc) is 3.27. The number of hydrogen-bond acceptors (Lipinski definition) is 5. The van der Waals surface area contributed by atoms with Crippen molar-refractivity contribution in [2.45, 2.75) is 25.9 Å². The third-order valence-electron chi connectivity index (χ3n) is 4.28. The molecular weight excluding hydrogens is 368 g/mol. The SMILES string of the molecule is COC(=O)c1c(NC(=S)NCC2CCCO2)sc(C)c1-c1ccccc1. The molecule has 0 saturated carbocycles. The summed E-state index contributed by atoms with van der Waals surface area (Å²) < 4.78 is 10.6. The molecule has 7 heteroatoms. The summed E-state index contributed by atoms with van der Waals surface area (Å²) >= 11 is 6.89. The van der Waals surface area contributed by atoms with Crippen molar-refractivity contribution in [3.8, 4) is 11.1 Å². The normalized spacial score (nSPS) is 16.3. The van der Waals surface area contributed by atoms with Gasteiger partial charge in [-0.2, -0.15) is 0 Å². The van der Waals surface area contributed by atoms with Crippen molar-refractivity contribution in [1.29, 1.82) is 0 Å². The third-order valence-corrected chi connectivity index (χ3v) is 5.54. The van der Waals surface area contributed by atoms with Gasteiger partial charge >= 0.3 is 5.97 Å². The van der Waals surface area contributed by atoms with Gasteiger partial charge in [0.05, 0.1) is 13.2 Å². The van der Waals surface area contributed by atoms with Crippen LogP contribution in [0, 0.1) is 6.92 Å². The number of anilines is 1. The van der Waals surface area contributed by atoms with Crippen molar-refractivity contribution in [2.24, 2.45) is 0 Å². The number of thiocarbonyl (C=S) groups is 1. The molecule has 1 aliphatic rings. The Labute approximate surface area is 162 Å². The van der Waals surface area contributed by atoms with E-state index in [1.54, 1.807) is 0 Å². The van der Waals surface area contributed by atoms with Crippen LogP contribution in [-0.2, 0) is 9.47 Å². The van der Waals surface area contributed by atoms with Crippen molar-refractivity contribution in [2.75, 3.05) is 25.6 Å². The van der Waals surface area contributed by atoms with Crippen molar-refractivity contribution in [3.63, 3.8) is 0 Å². The van der Waals surface area contributed by atoms with Crippen LogP contribution in [0.2, 0.25) is 0 Å². The zero-order chi connectivity index (χ0) is 18.5. The molecule has 1 atom stereocenters. The van der Waals surface area contributed by atoms with Gasteiger partial charge in [-0.05, 0) is 37.5 Å². The molecule has 0 amide bonds. The molecule has 3 rings (SSSR count). The highest BCUT2D eigenvalue weighted by Crippen LogP contribution is 2.40. The summed E-state index contributed by atoms with van der Waals surface area (Å²) in [5.41, 5.74) is 2.38. The number of benzene rings is 1. The standard InChI is InChI=1S/C19H22N2O3S2/c1-12-15(13-7-4-3-5-8-13)16(18(22)23-2)17(26-12)21-19(25)20-11-14-9-6-10-24-14/h3-5,7-8,14H,6,9-11H2,1-2H3,(H2,20,21,25). The molecule has 0 bridgehead atoms. The molecule has 0 radical (unpaired) electrons. The Morgan fingerprint density at radius 3 is 2.81 bits per heavy atom. The number of carbonyl (C=O) groups excluding carboxylic acids is 1. The lowest BCUT2D eigenvalue weighted by Gasteiger charge is -2.14. The zero-order valence-corrected chi connectivity index (χ0v) is 16.5.